The number of para-hydroxylation sites is 1. The number of aromatic amines is 1. The zero-order valence-electron chi connectivity index (χ0n) is 12.2. The third-order valence-corrected chi connectivity index (χ3v) is 3.70. The second-order valence-electron chi connectivity index (χ2n) is 5.23. The summed E-state index contributed by atoms with van der Waals surface area (Å²) < 4.78 is 0. The fraction of sp³-hybridized carbons (Fsp3) is 0.333. The molecule has 1 aromatic heterocycles. The molecule has 0 saturated carbocycles. The summed E-state index contributed by atoms with van der Waals surface area (Å²) in [5, 5.41) is 9.37. The number of anilines is 1. The molecular weight excluding hydrogens is 282 g/mol. The quantitative estimate of drug-likeness (QED) is 0.893. The van der Waals surface area contributed by atoms with Crippen molar-refractivity contribution in [2.24, 2.45) is 0 Å². The van der Waals surface area contributed by atoms with Crippen LogP contribution in [-0.4, -0.2) is 33.5 Å². The summed E-state index contributed by atoms with van der Waals surface area (Å²) in [7, 11) is 0. The van der Waals surface area contributed by atoms with E-state index in [1.54, 1.807) is 23.1 Å². The van der Waals surface area contributed by atoms with Crippen molar-refractivity contribution in [2.75, 3.05) is 11.4 Å². The van der Waals surface area contributed by atoms with Gasteiger partial charge in [0.05, 0.1) is 17.3 Å². The summed E-state index contributed by atoms with van der Waals surface area (Å²) in [4.78, 5) is 30.2. The smallest absolute Gasteiger partial charge is 0.253 e. The van der Waals surface area contributed by atoms with Crippen molar-refractivity contribution in [1.29, 1.82) is 0 Å². The molecule has 0 spiro atoms. The van der Waals surface area contributed by atoms with Crippen molar-refractivity contribution in [3.63, 3.8) is 0 Å². The number of hydrogen-bond donors (Lipinski definition) is 2. The average Bonchev–Trinajstić information content (AvgIpc) is 3.18. The number of amides is 2. The van der Waals surface area contributed by atoms with Gasteiger partial charge in [0.15, 0.2) is 0 Å². The molecule has 2 N–H and O–H groups in total. The SMILES string of the molecule is CC(NC(=O)c1ccccc1N1CCCC1=O)c1ncn[nH]1. The first-order valence-electron chi connectivity index (χ1n) is 7.22. The number of nitrogens with one attached hydrogen (secondary N) is 2. The van der Waals surface area contributed by atoms with Gasteiger partial charge >= 0.3 is 0 Å². The van der Waals surface area contributed by atoms with E-state index in [1.807, 2.05) is 13.0 Å². The highest BCUT2D eigenvalue weighted by molar-refractivity contribution is 6.05. The van der Waals surface area contributed by atoms with Gasteiger partial charge in [-0.1, -0.05) is 12.1 Å². The highest BCUT2D eigenvalue weighted by Gasteiger charge is 2.26. The predicted molar refractivity (Wildman–Crippen MR) is 80.3 cm³/mol. The molecule has 1 aromatic carbocycles. The largest absolute Gasteiger partial charge is 0.342 e. The van der Waals surface area contributed by atoms with Crippen LogP contribution >= 0.6 is 0 Å². The maximum absolute atomic E-state index is 12.5. The lowest BCUT2D eigenvalue weighted by Crippen LogP contribution is -2.31. The maximum Gasteiger partial charge on any atom is 0.253 e. The van der Waals surface area contributed by atoms with Crippen LogP contribution in [0.3, 0.4) is 0 Å². The molecule has 0 radical (unpaired) electrons. The molecule has 0 bridgehead atoms. The number of benzene rings is 1. The summed E-state index contributed by atoms with van der Waals surface area (Å²) in [6.07, 6.45) is 2.75. The van der Waals surface area contributed by atoms with E-state index in [4.69, 9.17) is 0 Å². The van der Waals surface area contributed by atoms with Crippen molar-refractivity contribution in [3.05, 3.63) is 42.0 Å². The standard InChI is InChI=1S/C15H17N5O2/c1-10(14-16-9-17-19-14)18-15(22)11-5-2-3-6-12(11)20-8-4-7-13(20)21/h2-3,5-6,9-10H,4,7-8H2,1H3,(H,18,22)(H,16,17,19). The van der Waals surface area contributed by atoms with Gasteiger partial charge in [-0.15, -0.1) is 0 Å². The van der Waals surface area contributed by atoms with E-state index >= 15 is 0 Å². The first-order chi connectivity index (χ1) is 10.7. The number of carbonyl (C=O) groups excluding carboxylic acids is 2. The molecule has 1 unspecified atom stereocenters. The van der Waals surface area contributed by atoms with Crippen LogP contribution in [0.15, 0.2) is 30.6 Å². The minimum Gasteiger partial charge on any atom is -0.342 e. The Morgan fingerprint density at radius 3 is 2.91 bits per heavy atom. The van der Waals surface area contributed by atoms with Gasteiger partial charge in [0, 0.05) is 13.0 Å². The van der Waals surface area contributed by atoms with Gasteiger partial charge in [0.2, 0.25) is 5.91 Å². The van der Waals surface area contributed by atoms with Gasteiger partial charge in [0.25, 0.3) is 5.91 Å². The molecule has 1 aliphatic rings. The van der Waals surface area contributed by atoms with Crippen molar-refractivity contribution < 1.29 is 9.59 Å². The van der Waals surface area contributed by atoms with Crippen molar-refractivity contribution in [3.8, 4) is 0 Å². The van der Waals surface area contributed by atoms with Gasteiger partial charge in [-0.25, -0.2) is 4.98 Å². The minimum absolute atomic E-state index is 0.0588. The first kappa shape index (κ1) is 14.2. The van der Waals surface area contributed by atoms with E-state index in [1.165, 1.54) is 6.33 Å². The Bertz CT molecular complexity index is 683. The van der Waals surface area contributed by atoms with Gasteiger partial charge in [0.1, 0.15) is 12.2 Å². The molecule has 2 heterocycles. The fourth-order valence-electron chi connectivity index (χ4n) is 2.57. The lowest BCUT2D eigenvalue weighted by atomic mass is 10.1. The molecule has 7 heteroatoms. The Hall–Kier alpha value is -2.70. The molecule has 22 heavy (non-hydrogen) atoms. The lowest BCUT2D eigenvalue weighted by Gasteiger charge is -2.20. The second-order valence-corrected chi connectivity index (χ2v) is 5.23. The molecule has 3 rings (SSSR count). The van der Waals surface area contributed by atoms with Crippen molar-refractivity contribution in [2.45, 2.75) is 25.8 Å². The fourth-order valence-corrected chi connectivity index (χ4v) is 2.57. The number of aromatic nitrogens is 3. The van der Waals surface area contributed by atoms with E-state index in [-0.39, 0.29) is 17.9 Å². The van der Waals surface area contributed by atoms with Crippen LogP contribution in [0.2, 0.25) is 0 Å². The minimum atomic E-state index is -0.294. The molecular formula is C15H17N5O2. The second kappa shape index (κ2) is 5.97. The van der Waals surface area contributed by atoms with Gasteiger partial charge in [-0.05, 0) is 25.5 Å². The van der Waals surface area contributed by atoms with E-state index in [0.29, 0.717) is 30.0 Å². The van der Waals surface area contributed by atoms with Crippen LogP contribution in [0.5, 0.6) is 0 Å². The van der Waals surface area contributed by atoms with Gasteiger partial charge in [-0.2, -0.15) is 5.10 Å². The Morgan fingerprint density at radius 1 is 1.41 bits per heavy atom. The Morgan fingerprint density at radius 2 is 2.23 bits per heavy atom. The highest BCUT2D eigenvalue weighted by atomic mass is 16.2. The Labute approximate surface area is 127 Å². The number of nitrogens with zero attached hydrogens (tertiary/aromatic N) is 3. The molecule has 2 amide bonds. The van der Waals surface area contributed by atoms with E-state index < -0.39 is 0 Å². The zero-order valence-corrected chi connectivity index (χ0v) is 12.2. The number of hydrogen-bond acceptors (Lipinski definition) is 4. The normalized spacial score (nSPS) is 15.9. The molecule has 114 valence electrons. The number of carbonyl (C=O) groups is 2. The first-order valence-corrected chi connectivity index (χ1v) is 7.22. The molecule has 1 fully saturated rings. The van der Waals surface area contributed by atoms with Crippen LogP contribution in [0.1, 0.15) is 42.0 Å². The number of rotatable bonds is 4. The summed E-state index contributed by atoms with van der Waals surface area (Å²) in [6, 6.07) is 6.85. The number of H-pyrrole nitrogens is 1. The molecule has 1 atom stereocenters. The Balaban J connectivity index is 1.82. The van der Waals surface area contributed by atoms with Crippen LogP contribution in [0, 0.1) is 0 Å². The maximum atomic E-state index is 12.5. The summed E-state index contributed by atoms with van der Waals surface area (Å²) in [6.45, 7) is 2.48. The molecule has 1 saturated heterocycles. The van der Waals surface area contributed by atoms with Gasteiger partial charge < -0.3 is 10.2 Å². The van der Waals surface area contributed by atoms with E-state index in [9.17, 15) is 9.59 Å². The molecule has 2 aromatic rings. The van der Waals surface area contributed by atoms with Crippen molar-refractivity contribution >= 4 is 17.5 Å². The van der Waals surface area contributed by atoms with Gasteiger partial charge in [-0.3, -0.25) is 14.7 Å². The molecule has 7 nitrogen and oxygen atoms in total. The van der Waals surface area contributed by atoms with Crippen LogP contribution in [-0.2, 0) is 4.79 Å². The van der Waals surface area contributed by atoms with Crippen LogP contribution in [0.4, 0.5) is 5.69 Å². The topological polar surface area (TPSA) is 91.0 Å². The highest BCUT2D eigenvalue weighted by Crippen LogP contribution is 2.25. The lowest BCUT2D eigenvalue weighted by molar-refractivity contribution is -0.117. The third-order valence-electron chi connectivity index (χ3n) is 3.70. The average molecular weight is 299 g/mol. The van der Waals surface area contributed by atoms with Crippen LogP contribution in [0.25, 0.3) is 0 Å². The zero-order chi connectivity index (χ0) is 15.5. The monoisotopic (exact) mass is 299 g/mol. The van der Waals surface area contributed by atoms with E-state index in [2.05, 4.69) is 20.5 Å². The summed E-state index contributed by atoms with van der Waals surface area (Å²) in [5.41, 5.74) is 1.15. The third kappa shape index (κ3) is 2.69. The summed E-state index contributed by atoms with van der Waals surface area (Å²) in [5.74, 6) is 0.408. The van der Waals surface area contributed by atoms with E-state index in [0.717, 1.165) is 6.42 Å². The van der Waals surface area contributed by atoms with Crippen molar-refractivity contribution in [1.82, 2.24) is 20.5 Å². The summed E-state index contributed by atoms with van der Waals surface area (Å²) >= 11 is 0. The predicted octanol–water partition coefficient (Wildman–Crippen LogP) is 1.42. The Kier molecular flexibility index (Phi) is 3.86. The molecule has 0 aliphatic carbocycles. The molecule has 1 aliphatic heterocycles. The van der Waals surface area contributed by atoms with Crippen LogP contribution < -0.4 is 10.2 Å².